The summed E-state index contributed by atoms with van der Waals surface area (Å²) in [5.41, 5.74) is 0. The van der Waals surface area contributed by atoms with Gasteiger partial charge in [0.25, 0.3) is 0 Å². The quantitative estimate of drug-likeness (QED) is 0.473. The molecule has 0 spiro atoms. The molecule has 0 aromatic heterocycles. The van der Waals surface area contributed by atoms with Crippen LogP contribution in [-0.4, -0.2) is 29.2 Å². The Labute approximate surface area is 120 Å². The summed E-state index contributed by atoms with van der Waals surface area (Å²) in [6.07, 6.45) is 9.59. The van der Waals surface area contributed by atoms with Gasteiger partial charge in [0.1, 0.15) is 0 Å². The summed E-state index contributed by atoms with van der Waals surface area (Å²) < 4.78 is 0. The highest BCUT2D eigenvalue weighted by atomic mass is 16.4. The molecule has 0 saturated carbocycles. The number of carbonyl (C=O) groups is 2. The molecular formula is C15H26N2O3. The molecule has 1 rings (SSSR count). The minimum Gasteiger partial charge on any atom is -0.481 e. The maximum Gasteiger partial charge on any atom is 0.315 e. The Morgan fingerprint density at radius 1 is 1.30 bits per heavy atom. The largest absolute Gasteiger partial charge is 0.481 e. The Kier molecular flexibility index (Phi) is 7.12. The molecule has 2 amide bonds. The van der Waals surface area contributed by atoms with Gasteiger partial charge >= 0.3 is 12.0 Å². The first-order valence-corrected chi connectivity index (χ1v) is 7.51. The van der Waals surface area contributed by atoms with Gasteiger partial charge in [-0.25, -0.2) is 4.79 Å². The maximum atomic E-state index is 11.8. The fourth-order valence-electron chi connectivity index (χ4n) is 2.37. The van der Waals surface area contributed by atoms with E-state index in [1.807, 2.05) is 6.92 Å². The molecule has 0 aromatic rings. The molecule has 0 bridgehead atoms. The lowest BCUT2D eigenvalue weighted by atomic mass is 10.1. The highest BCUT2D eigenvalue weighted by Crippen LogP contribution is 2.17. The lowest BCUT2D eigenvalue weighted by Crippen LogP contribution is -2.44. The molecule has 0 radical (unpaired) electrons. The van der Waals surface area contributed by atoms with Crippen molar-refractivity contribution in [1.82, 2.24) is 10.6 Å². The molecule has 3 unspecified atom stereocenters. The third-order valence-electron chi connectivity index (χ3n) is 3.59. The molecule has 5 heteroatoms. The Morgan fingerprint density at radius 3 is 2.65 bits per heavy atom. The van der Waals surface area contributed by atoms with Crippen LogP contribution in [0.15, 0.2) is 12.2 Å². The second kappa shape index (κ2) is 8.61. The summed E-state index contributed by atoms with van der Waals surface area (Å²) in [5.74, 6) is -1.32. The van der Waals surface area contributed by atoms with Gasteiger partial charge in [-0.15, -0.1) is 0 Å². The van der Waals surface area contributed by atoms with Crippen molar-refractivity contribution in [3.05, 3.63) is 12.2 Å². The second-order valence-electron chi connectivity index (χ2n) is 5.54. The van der Waals surface area contributed by atoms with Gasteiger partial charge in [-0.05, 0) is 19.8 Å². The van der Waals surface area contributed by atoms with Crippen molar-refractivity contribution in [3.8, 4) is 0 Å². The van der Waals surface area contributed by atoms with Crippen LogP contribution < -0.4 is 10.6 Å². The summed E-state index contributed by atoms with van der Waals surface area (Å²) in [6, 6.07) is -0.246. The van der Waals surface area contributed by atoms with Gasteiger partial charge in [-0.1, -0.05) is 44.8 Å². The highest BCUT2D eigenvalue weighted by molar-refractivity contribution is 5.76. The molecule has 3 atom stereocenters. The molecule has 114 valence electrons. The lowest BCUT2D eigenvalue weighted by molar-refractivity contribution is -0.140. The highest BCUT2D eigenvalue weighted by Gasteiger charge is 2.25. The first-order valence-electron chi connectivity index (χ1n) is 7.51. The Balaban J connectivity index is 2.17. The summed E-state index contributed by atoms with van der Waals surface area (Å²) in [4.78, 5) is 22.6. The van der Waals surface area contributed by atoms with Crippen LogP contribution in [-0.2, 0) is 4.79 Å². The molecule has 0 aromatic carbocycles. The molecule has 0 fully saturated rings. The predicted molar refractivity (Wildman–Crippen MR) is 78.6 cm³/mol. The average Bonchev–Trinajstić information content (AvgIpc) is 2.83. The Bertz CT molecular complexity index is 355. The number of carbonyl (C=O) groups excluding carboxylic acids is 1. The summed E-state index contributed by atoms with van der Waals surface area (Å²) in [5, 5.41) is 14.6. The maximum absolute atomic E-state index is 11.8. The van der Waals surface area contributed by atoms with E-state index in [1.165, 1.54) is 19.3 Å². The van der Waals surface area contributed by atoms with Gasteiger partial charge in [-0.2, -0.15) is 0 Å². The van der Waals surface area contributed by atoms with Crippen LogP contribution in [0.3, 0.4) is 0 Å². The van der Waals surface area contributed by atoms with Crippen molar-refractivity contribution in [2.45, 2.75) is 64.5 Å². The van der Waals surface area contributed by atoms with E-state index in [-0.39, 0.29) is 18.1 Å². The number of aliphatic carboxylic acids is 1. The van der Waals surface area contributed by atoms with Crippen molar-refractivity contribution in [3.63, 3.8) is 0 Å². The molecule has 0 saturated heterocycles. The zero-order chi connectivity index (χ0) is 15.0. The van der Waals surface area contributed by atoms with E-state index in [0.717, 1.165) is 12.8 Å². The number of urea groups is 1. The number of carboxylic acid groups (broad SMARTS) is 1. The first kappa shape index (κ1) is 16.5. The van der Waals surface area contributed by atoms with E-state index in [2.05, 4.69) is 17.6 Å². The van der Waals surface area contributed by atoms with E-state index < -0.39 is 11.9 Å². The van der Waals surface area contributed by atoms with Crippen LogP contribution in [0.25, 0.3) is 0 Å². The third kappa shape index (κ3) is 6.08. The average molecular weight is 282 g/mol. The fourth-order valence-corrected chi connectivity index (χ4v) is 2.37. The smallest absolute Gasteiger partial charge is 0.315 e. The summed E-state index contributed by atoms with van der Waals surface area (Å²) in [6.45, 7) is 4.17. The summed E-state index contributed by atoms with van der Waals surface area (Å²) >= 11 is 0. The van der Waals surface area contributed by atoms with E-state index in [1.54, 1.807) is 12.2 Å². The van der Waals surface area contributed by atoms with Crippen LogP contribution >= 0.6 is 0 Å². The van der Waals surface area contributed by atoms with E-state index in [9.17, 15) is 9.59 Å². The molecule has 0 heterocycles. The molecule has 20 heavy (non-hydrogen) atoms. The van der Waals surface area contributed by atoms with Gasteiger partial charge in [0.15, 0.2) is 0 Å². The Morgan fingerprint density at radius 2 is 2.05 bits per heavy atom. The van der Waals surface area contributed by atoms with Gasteiger partial charge in [0.2, 0.25) is 0 Å². The predicted octanol–water partition coefficient (Wildman–Crippen LogP) is 2.67. The second-order valence-corrected chi connectivity index (χ2v) is 5.54. The number of amides is 2. The van der Waals surface area contributed by atoms with Crippen LogP contribution in [0.5, 0.6) is 0 Å². The van der Waals surface area contributed by atoms with Crippen LogP contribution in [0.4, 0.5) is 4.79 Å². The van der Waals surface area contributed by atoms with Gasteiger partial charge in [0.05, 0.1) is 12.0 Å². The van der Waals surface area contributed by atoms with E-state index >= 15 is 0 Å². The normalized spacial score (nSPS) is 22.5. The molecule has 3 N–H and O–H groups in total. The van der Waals surface area contributed by atoms with Crippen molar-refractivity contribution < 1.29 is 14.7 Å². The minimum atomic E-state index is -0.838. The first-order chi connectivity index (χ1) is 9.52. The van der Waals surface area contributed by atoms with Gasteiger partial charge in [0, 0.05) is 6.04 Å². The van der Waals surface area contributed by atoms with Gasteiger partial charge in [-0.3, -0.25) is 4.79 Å². The van der Waals surface area contributed by atoms with E-state index in [0.29, 0.717) is 6.42 Å². The molecular weight excluding hydrogens is 256 g/mol. The molecule has 1 aliphatic carbocycles. The van der Waals surface area contributed by atoms with Crippen LogP contribution in [0.1, 0.15) is 52.4 Å². The number of hydrogen-bond acceptors (Lipinski definition) is 2. The number of nitrogens with one attached hydrogen (secondary N) is 2. The van der Waals surface area contributed by atoms with Crippen molar-refractivity contribution in [1.29, 1.82) is 0 Å². The number of hydrogen-bond donors (Lipinski definition) is 3. The number of rotatable bonds is 8. The monoisotopic (exact) mass is 282 g/mol. The fraction of sp³-hybridized carbons (Fsp3) is 0.733. The number of carboxylic acids is 1. The molecule has 0 aliphatic heterocycles. The zero-order valence-corrected chi connectivity index (χ0v) is 12.4. The standard InChI is InChI=1S/C15H26N2O3/c1-3-4-5-6-7-11(2)16-15(20)17-13-9-8-12(10-13)14(18)19/h8-9,11-13H,3-7,10H2,1-2H3,(H,18,19)(H2,16,17,20). The SMILES string of the molecule is CCCCCCC(C)NC(=O)NC1C=CC(C(=O)O)C1. The van der Waals surface area contributed by atoms with Crippen molar-refractivity contribution in [2.75, 3.05) is 0 Å². The molecule has 1 aliphatic rings. The van der Waals surface area contributed by atoms with Gasteiger partial charge < -0.3 is 15.7 Å². The Hall–Kier alpha value is -1.52. The van der Waals surface area contributed by atoms with E-state index in [4.69, 9.17) is 5.11 Å². The molecule has 5 nitrogen and oxygen atoms in total. The van der Waals surface area contributed by atoms with Crippen LogP contribution in [0, 0.1) is 5.92 Å². The van der Waals surface area contributed by atoms with Crippen LogP contribution in [0.2, 0.25) is 0 Å². The zero-order valence-electron chi connectivity index (χ0n) is 12.4. The van der Waals surface area contributed by atoms with Crippen molar-refractivity contribution >= 4 is 12.0 Å². The number of unbranched alkanes of at least 4 members (excludes halogenated alkanes) is 3. The lowest BCUT2D eigenvalue weighted by Gasteiger charge is -2.17. The minimum absolute atomic E-state index is 0.146. The topological polar surface area (TPSA) is 78.4 Å². The summed E-state index contributed by atoms with van der Waals surface area (Å²) in [7, 11) is 0. The van der Waals surface area contributed by atoms with Crippen molar-refractivity contribution in [2.24, 2.45) is 5.92 Å². The third-order valence-corrected chi connectivity index (χ3v) is 3.59.